The lowest BCUT2D eigenvalue weighted by atomic mass is 9.95. The second kappa shape index (κ2) is 5.25. The first-order valence-electron chi connectivity index (χ1n) is 6.09. The number of nitrogen functional groups attached to an aromatic ring is 1. The van der Waals surface area contributed by atoms with Gasteiger partial charge in [0.25, 0.3) is 5.91 Å². The second-order valence-electron chi connectivity index (χ2n) is 4.80. The fourth-order valence-corrected chi connectivity index (χ4v) is 2.19. The smallest absolute Gasteiger partial charge is 0.280 e. The van der Waals surface area contributed by atoms with Crippen molar-refractivity contribution in [3.8, 4) is 0 Å². The van der Waals surface area contributed by atoms with Crippen molar-refractivity contribution in [1.29, 1.82) is 0 Å². The van der Waals surface area contributed by atoms with E-state index in [1.165, 1.54) is 0 Å². The summed E-state index contributed by atoms with van der Waals surface area (Å²) in [5.41, 5.74) is 5.53. The van der Waals surface area contributed by atoms with Gasteiger partial charge >= 0.3 is 0 Å². The fraction of sp³-hybridized carbons (Fsp3) is 0.636. The standard InChI is InChI=1S/C11H17N5O3/c1-15(2)10(17)7-3-5-16(6-4-7)11(18)8-9(12)14-19-13-8/h7H,3-6H2,1-2H3,(H2,12,14). The number of anilines is 1. The number of hydrogen-bond acceptors (Lipinski definition) is 6. The number of piperidine rings is 1. The second-order valence-corrected chi connectivity index (χ2v) is 4.80. The number of amides is 2. The van der Waals surface area contributed by atoms with Crippen molar-refractivity contribution >= 4 is 17.6 Å². The molecule has 2 rings (SSSR count). The van der Waals surface area contributed by atoms with Crippen LogP contribution in [-0.2, 0) is 4.79 Å². The molecule has 0 unspecified atom stereocenters. The number of carbonyl (C=O) groups is 2. The third-order valence-electron chi connectivity index (χ3n) is 3.29. The first-order chi connectivity index (χ1) is 9.00. The highest BCUT2D eigenvalue weighted by Gasteiger charge is 2.30. The van der Waals surface area contributed by atoms with Gasteiger partial charge in [0.2, 0.25) is 17.4 Å². The van der Waals surface area contributed by atoms with Crippen molar-refractivity contribution in [3.63, 3.8) is 0 Å². The van der Waals surface area contributed by atoms with Crippen LogP contribution in [0.5, 0.6) is 0 Å². The molecule has 1 aliphatic heterocycles. The molecule has 0 spiro atoms. The SMILES string of the molecule is CN(C)C(=O)C1CCN(C(=O)c2nonc2N)CC1. The molecule has 2 N–H and O–H groups in total. The minimum atomic E-state index is -0.297. The zero-order valence-electron chi connectivity index (χ0n) is 11.0. The summed E-state index contributed by atoms with van der Waals surface area (Å²) in [7, 11) is 3.48. The Hall–Kier alpha value is -2.12. The molecular formula is C11H17N5O3. The third kappa shape index (κ3) is 2.67. The number of aromatic nitrogens is 2. The molecule has 8 heteroatoms. The number of hydrogen-bond donors (Lipinski definition) is 1. The number of nitrogens with zero attached hydrogens (tertiary/aromatic N) is 4. The summed E-state index contributed by atoms with van der Waals surface area (Å²) in [6.07, 6.45) is 1.29. The van der Waals surface area contributed by atoms with E-state index >= 15 is 0 Å². The molecule has 1 saturated heterocycles. The quantitative estimate of drug-likeness (QED) is 0.781. The van der Waals surface area contributed by atoms with Crippen LogP contribution in [0.3, 0.4) is 0 Å². The van der Waals surface area contributed by atoms with Crippen LogP contribution >= 0.6 is 0 Å². The van der Waals surface area contributed by atoms with Gasteiger partial charge in [0.05, 0.1) is 0 Å². The summed E-state index contributed by atoms with van der Waals surface area (Å²) in [5.74, 6) is -0.215. The van der Waals surface area contributed by atoms with Crippen LogP contribution in [0, 0.1) is 5.92 Å². The summed E-state index contributed by atoms with van der Waals surface area (Å²) in [4.78, 5) is 27.1. The molecule has 0 aromatic carbocycles. The Morgan fingerprint density at radius 3 is 2.42 bits per heavy atom. The fourth-order valence-electron chi connectivity index (χ4n) is 2.19. The van der Waals surface area contributed by atoms with Crippen LogP contribution in [0.1, 0.15) is 23.3 Å². The monoisotopic (exact) mass is 267 g/mol. The van der Waals surface area contributed by atoms with E-state index in [1.54, 1.807) is 23.9 Å². The first-order valence-corrected chi connectivity index (χ1v) is 6.09. The maximum Gasteiger partial charge on any atom is 0.280 e. The molecule has 1 aromatic rings. The molecule has 8 nitrogen and oxygen atoms in total. The molecular weight excluding hydrogens is 250 g/mol. The Morgan fingerprint density at radius 2 is 1.95 bits per heavy atom. The van der Waals surface area contributed by atoms with Gasteiger partial charge in [-0.2, -0.15) is 0 Å². The van der Waals surface area contributed by atoms with Crippen molar-refractivity contribution in [1.82, 2.24) is 20.1 Å². The molecule has 1 aliphatic rings. The summed E-state index contributed by atoms with van der Waals surface area (Å²) in [6.45, 7) is 1.02. The summed E-state index contributed by atoms with van der Waals surface area (Å²) in [6, 6.07) is 0. The third-order valence-corrected chi connectivity index (χ3v) is 3.29. The minimum Gasteiger partial charge on any atom is -0.379 e. The van der Waals surface area contributed by atoms with Crippen LogP contribution in [-0.4, -0.2) is 59.1 Å². The zero-order chi connectivity index (χ0) is 14.0. The van der Waals surface area contributed by atoms with Gasteiger partial charge in [0.1, 0.15) is 0 Å². The highest BCUT2D eigenvalue weighted by atomic mass is 16.6. The van der Waals surface area contributed by atoms with E-state index in [0.29, 0.717) is 25.9 Å². The normalized spacial score (nSPS) is 16.4. The molecule has 0 atom stereocenters. The van der Waals surface area contributed by atoms with Crippen molar-refractivity contribution in [2.45, 2.75) is 12.8 Å². The lowest BCUT2D eigenvalue weighted by Gasteiger charge is -2.31. The van der Waals surface area contributed by atoms with Gasteiger partial charge in [-0.05, 0) is 23.2 Å². The molecule has 0 radical (unpaired) electrons. The van der Waals surface area contributed by atoms with Gasteiger partial charge in [-0.3, -0.25) is 9.59 Å². The largest absolute Gasteiger partial charge is 0.379 e. The van der Waals surface area contributed by atoms with Crippen molar-refractivity contribution in [2.24, 2.45) is 5.92 Å². The Morgan fingerprint density at radius 1 is 1.32 bits per heavy atom. The number of carbonyl (C=O) groups excluding carboxylic acids is 2. The molecule has 2 heterocycles. The summed E-state index contributed by atoms with van der Waals surface area (Å²) >= 11 is 0. The van der Waals surface area contributed by atoms with Crippen molar-refractivity contribution in [3.05, 3.63) is 5.69 Å². The topological polar surface area (TPSA) is 106 Å². The highest BCUT2D eigenvalue weighted by Crippen LogP contribution is 2.21. The van der Waals surface area contributed by atoms with Crippen LogP contribution in [0.25, 0.3) is 0 Å². The lowest BCUT2D eigenvalue weighted by Crippen LogP contribution is -2.43. The van der Waals surface area contributed by atoms with E-state index in [-0.39, 0.29) is 29.2 Å². The van der Waals surface area contributed by atoms with E-state index < -0.39 is 0 Å². The molecule has 19 heavy (non-hydrogen) atoms. The summed E-state index contributed by atoms with van der Waals surface area (Å²) < 4.78 is 4.41. The van der Waals surface area contributed by atoms with E-state index in [9.17, 15) is 9.59 Å². The number of rotatable bonds is 2. The molecule has 104 valence electrons. The minimum absolute atomic E-state index is 0.00325. The van der Waals surface area contributed by atoms with Gasteiger partial charge in [-0.1, -0.05) is 0 Å². The molecule has 1 fully saturated rings. The van der Waals surface area contributed by atoms with Crippen LogP contribution in [0.15, 0.2) is 4.63 Å². The lowest BCUT2D eigenvalue weighted by molar-refractivity contribution is -0.134. The predicted octanol–water partition coefficient (Wildman–Crippen LogP) is -0.408. The highest BCUT2D eigenvalue weighted by molar-refractivity contribution is 5.96. The van der Waals surface area contributed by atoms with Crippen molar-refractivity contribution in [2.75, 3.05) is 32.9 Å². The van der Waals surface area contributed by atoms with Crippen LogP contribution < -0.4 is 5.73 Å². The number of likely N-dealkylation sites (tertiary alicyclic amines) is 1. The average Bonchev–Trinajstić information content (AvgIpc) is 2.83. The molecule has 0 saturated carbocycles. The molecule has 0 aliphatic carbocycles. The zero-order valence-corrected chi connectivity index (χ0v) is 11.0. The summed E-state index contributed by atoms with van der Waals surface area (Å²) in [5, 5.41) is 6.88. The first kappa shape index (κ1) is 13.3. The van der Waals surface area contributed by atoms with Gasteiger partial charge in [-0.15, -0.1) is 0 Å². The predicted molar refractivity (Wildman–Crippen MR) is 66.0 cm³/mol. The van der Waals surface area contributed by atoms with Gasteiger partial charge < -0.3 is 15.5 Å². The number of nitrogens with two attached hydrogens (primary N) is 1. The van der Waals surface area contributed by atoms with Crippen molar-refractivity contribution < 1.29 is 14.2 Å². The molecule has 0 bridgehead atoms. The molecule has 2 amide bonds. The maximum absolute atomic E-state index is 12.1. The Bertz CT molecular complexity index is 476. The van der Waals surface area contributed by atoms with E-state index in [2.05, 4.69) is 14.9 Å². The Labute approximate surface area is 110 Å². The van der Waals surface area contributed by atoms with E-state index in [1.807, 2.05) is 0 Å². The van der Waals surface area contributed by atoms with Gasteiger partial charge in [-0.25, -0.2) is 4.63 Å². The Kier molecular flexibility index (Phi) is 3.68. The van der Waals surface area contributed by atoms with Crippen LogP contribution in [0.4, 0.5) is 5.82 Å². The average molecular weight is 267 g/mol. The van der Waals surface area contributed by atoms with Gasteiger partial charge in [0.15, 0.2) is 0 Å². The van der Waals surface area contributed by atoms with Gasteiger partial charge in [0, 0.05) is 33.1 Å². The van der Waals surface area contributed by atoms with E-state index in [0.717, 1.165) is 0 Å². The maximum atomic E-state index is 12.1. The molecule has 1 aromatic heterocycles. The Balaban J connectivity index is 1.95. The van der Waals surface area contributed by atoms with E-state index in [4.69, 9.17) is 5.73 Å². The van der Waals surface area contributed by atoms with Crippen LogP contribution in [0.2, 0.25) is 0 Å².